The standard InChI is InChI=1S/C16H22BrClN2O2/c1-2-20(11-16(21)22)14-5-7-19(8-6-14)10-12-9-13(18)3-4-15(12)17/h3-4,9,14H,2,5-8,10-11H2,1H3,(H,21,22). The lowest BCUT2D eigenvalue weighted by Gasteiger charge is -2.37. The molecule has 2 rings (SSSR count). The van der Waals surface area contributed by atoms with Crippen LogP contribution in [0.25, 0.3) is 0 Å². The van der Waals surface area contributed by atoms with Crippen molar-refractivity contribution in [1.82, 2.24) is 9.80 Å². The number of nitrogens with zero attached hydrogens (tertiary/aromatic N) is 2. The van der Waals surface area contributed by atoms with Gasteiger partial charge in [-0.2, -0.15) is 0 Å². The van der Waals surface area contributed by atoms with Gasteiger partial charge in [-0.3, -0.25) is 14.6 Å². The van der Waals surface area contributed by atoms with Crippen LogP contribution in [0.15, 0.2) is 22.7 Å². The molecule has 1 aliphatic heterocycles. The van der Waals surface area contributed by atoms with E-state index in [4.69, 9.17) is 16.7 Å². The number of carboxylic acids is 1. The Morgan fingerprint density at radius 1 is 1.45 bits per heavy atom. The van der Waals surface area contributed by atoms with Gasteiger partial charge in [-0.1, -0.05) is 34.5 Å². The smallest absolute Gasteiger partial charge is 0.317 e. The molecule has 1 heterocycles. The molecule has 1 aromatic rings. The molecule has 4 nitrogen and oxygen atoms in total. The van der Waals surface area contributed by atoms with Crippen molar-refractivity contribution in [2.75, 3.05) is 26.2 Å². The minimum absolute atomic E-state index is 0.140. The third-order valence-corrected chi connectivity index (χ3v) is 5.23. The second-order valence-electron chi connectivity index (χ2n) is 5.70. The summed E-state index contributed by atoms with van der Waals surface area (Å²) in [6.07, 6.45) is 2.03. The van der Waals surface area contributed by atoms with Gasteiger partial charge in [0.05, 0.1) is 6.54 Å². The molecular formula is C16H22BrClN2O2. The zero-order chi connectivity index (χ0) is 16.1. The number of likely N-dealkylation sites (N-methyl/N-ethyl adjacent to an activating group) is 1. The third kappa shape index (κ3) is 4.95. The summed E-state index contributed by atoms with van der Waals surface area (Å²) < 4.78 is 1.08. The van der Waals surface area contributed by atoms with Gasteiger partial charge in [-0.05, 0) is 56.2 Å². The van der Waals surface area contributed by atoms with Crippen LogP contribution < -0.4 is 0 Å². The van der Waals surface area contributed by atoms with Crippen LogP contribution in [0.4, 0.5) is 0 Å². The number of rotatable bonds is 6. The number of halogens is 2. The van der Waals surface area contributed by atoms with Crippen LogP contribution in [0.2, 0.25) is 5.02 Å². The summed E-state index contributed by atoms with van der Waals surface area (Å²) in [5.74, 6) is -0.743. The van der Waals surface area contributed by atoms with Crippen LogP contribution in [-0.2, 0) is 11.3 Å². The van der Waals surface area contributed by atoms with E-state index < -0.39 is 5.97 Å². The quantitative estimate of drug-likeness (QED) is 0.809. The first-order valence-electron chi connectivity index (χ1n) is 7.61. The first kappa shape index (κ1) is 17.7. The van der Waals surface area contributed by atoms with E-state index in [0.29, 0.717) is 6.04 Å². The molecule has 122 valence electrons. The Hall–Kier alpha value is -0.620. The summed E-state index contributed by atoms with van der Waals surface area (Å²) in [4.78, 5) is 15.4. The maximum absolute atomic E-state index is 10.9. The van der Waals surface area contributed by atoms with Gasteiger partial charge >= 0.3 is 5.97 Å². The molecule has 0 saturated carbocycles. The van der Waals surface area contributed by atoms with Crippen molar-refractivity contribution in [2.45, 2.75) is 32.4 Å². The fourth-order valence-corrected chi connectivity index (χ4v) is 3.59. The van der Waals surface area contributed by atoms with Crippen LogP contribution in [0.1, 0.15) is 25.3 Å². The van der Waals surface area contributed by atoms with E-state index in [2.05, 4.69) is 25.7 Å². The molecule has 1 saturated heterocycles. The van der Waals surface area contributed by atoms with Gasteiger partial charge in [0.2, 0.25) is 0 Å². The highest BCUT2D eigenvalue weighted by atomic mass is 79.9. The van der Waals surface area contributed by atoms with Crippen molar-refractivity contribution >= 4 is 33.5 Å². The normalized spacial score (nSPS) is 17.1. The van der Waals surface area contributed by atoms with E-state index in [1.165, 1.54) is 5.56 Å². The van der Waals surface area contributed by atoms with Crippen LogP contribution in [0, 0.1) is 0 Å². The number of hydrogen-bond acceptors (Lipinski definition) is 3. The van der Waals surface area contributed by atoms with Crippen LogP contribution in [0.5, 0.6) is 0 Å². The third-order valence-electron chi connectivity index (χ3n) is 4.22. The second-order valence-corrected chi connectivity index (χ2v) is 6.99. The van der Waals surface area contributed by atoms with Crippen molar-refractivity contribution in [1.29, 1.82) is 0 Å². The van der Waals surface area contributed by atoms with Gasteiger partial charge in [0.15, 0.2) is 0 Å². The van der Waals surface area contributed by atoms with Crippen molar-refractivity contribution in [3.63, 3.8) is 0 Å². The van der Waals surface area contributed by atoms with Gasteiger partial charge in [0.1, 0.15) is 0 Å². The van der Waals surface area contributed by atoms with Crippen molar-refractivity contribution < 1.29 is 9.90 Å². The first-order chi connectivity index (χ1) is 10.5. The summed E-state index contributed by atoms with van der Waals surface area (Å²) in [6.45, 7) is 5.80. The molecule has 22 heavy (non-hydrogen) atoms. The molecular weight excluding hydrogens is 368 g/mol. The van der Waals surface area contributed by atoms with Gasteiger partial charge in [-0.15, -0.1) is 0 Å². The van der Waals surface area contributed by atoms with E-state index >= 15 is 0 Å². The molecule has 0 unspecified atom stereocenters. The highest BCUT2D eigenvalue weighted by Gasteiger charge is 2.25. The zero-order valence-electron chi connectivity index (χ0n) is 12.8. The highest BCUT2D eigenvalue weighted by molar-refractivity contribution is 9.10. The van der Waals surface area contributed by atoms with Gasteiger partial charge < -0.3 is 5.11 Å². The first-order valence-corrected chi connectivity index (χ1v) is 8.78. The molecule has 1 N–H and O–H groups in total. The van der Waals surface area contributed by atoms with E-state index in [1.54, 1.807) is 0 Å². The molecule has 0 aliphatic carbocycles. The van der Waals surface area contributed by atoms with Crippen LogP contribution >= 0.6 is 27.5 Å². The summed E-state index contributed by atoms with van der Waals surface area (Å²) >= 11 is 9.64. The van der Waals surface area contributed by atoms with E-state index in [-0.39, 0.29) is 6.54 Å². The largest absolute Gasteiger partial charge is 0.480 e. The Bertz CT molecular complexity index is 519. The lowest BCUT2D eigenvalue weighted by atomic mass is 10.0. The summed E-state index contributed by atoms with van der Waals surface area (Å²) in [5.41, 5.74) is 1.20. The fraction of sp³-hybridized carbons (Fsp3) is 0.562. The number of aliphatic carboxylic acids is 1. The molecule has 0 spiro atoms. The monoisotopic (exact) mass is 388 g/mol. The Kier molecular flexibility index (Phi) is 6.68. The molecule has 0 aromatic heterocycles. The molecule has 1 aromatic carbocycles. The number of benzene rings is 1. The molecule has 0 bridgehead atoms. The van der Waals surface area contributed by atoms with Gasteiger partial charge in [-0.25, -0.2) is 0 Å². The van der Waals surface area contributed by atoms with Gasteiger partial charge in [0, 0.05) is 22.1 Å². The number of likely N-dealkylation sites (tertiary alicyclic amines) is 1. The Labute approximate surface area is 145 Å². The predicted octanol–water partition coefficient (Wildman–Crippen LogP) is 3.47. The Balaban J connectivity index is 1.89. The number of hydrogen-bond donors (Lipinski definition) is 1. The van der Waals surface area contributed by atoms with Crippen molar-refractivity contribution in [2.24, 2.45) is 0 Å². The minimum atomic E-state index is -0.743. The number of carbonyl (C=O) groups is 1. The SMILES string of the molecule is CCN(CC(=O)O)C1CCN(Cc2cc(Cl)ccc2Br)CC1. The Morgan fingerprint density at radius 3 is 2.73 bits per heavy atom. The molecule has 1 fully saturated rings. The summed E-state index contributed by atoms with van der Waals surface area (Å²) in [6, 6.07) is 6.24. The topological polar surface area (TPSA) is 43.8 Å². The second kappa shape index (κ2) is 8.29. The average Bonchev–Trinajstić information content (AvgIpc) is 2.49. The summed E-state index contributed by atoms with van der Waals surface area (Å²) in [7, 11) is 0. The number of piperidine rings is 1. The summed E-state index contributed by atoms with van der Waals surface area (Å²) in [5, 5.41) is 9.74. The van der Waals surface area contributed by atoms with E-state index in [1.807, 2.05) is 25.1 Å². The van der Waals surface area contributed by atoms with Crippen molar-refractivity contribution in [3.8, 4) is 0 Å². The van der Waals surface area contributed by atoms with Crippen LogP contribution in [-0.4, -0.2) is 53.1 Å². The maximum atomic E-state index is 10.9. The van der Waals surface area contributed by atoms with Crippen molar-refractivity contribution in [3.05, 3.63) is 33.3 Å². The molecule has 0 atom stereocenters. The minimum Gasteiger partial charge on any atom is -0.480 e. The molecule has 0 amide bonds. The maximum Gasteiger partial charge on any atom is 0.317 e. The Morgan fingerprint density at radius 2 is 2.14 bits per heavy atom. The number of carboxylic acid groups (broad SMARTS) is 1. The highest BCUT2D eigenvalue weighted by Crippen LogP contribution is 2.24. The fourth-order valence-electron chi connectivity index (χ4n) is 3.02. The molecule has 6 heteroatoms. The van der Waals surface area contributed by atoms with Crippen LogP contribution in [0.3, 0.4) is 0 Å². The molecule has 1 aliphatic rings. The van der Waals surface area contributed by atoms with Gasteiger partial charge in [0.25, 0.3) is 0 Å². The van der Waals surface area contributed by atoms with E-state index in [0.717, 1.165) is 48.5 Å². The average molecular weight is 390 g/mol. The zero-order valence-corrected chi connectivity index (χ0v) is 15.1. The lowest BCUT2D eigenvalue weighted by Crippen LogP contribution is -2.46. The molecule has 0 radical (unpaired) electrons. The van der Waals surface area contributed by atoms with E-state index in [9.17, 15) is 4.79 Å². The predicted molar refractivity (Wildman–Crippen MR) is 92.3 cm³/mol. The lowest BCUT2D eigenvalue weighted by molar-refractivity contribution is -0.139.